The summed E-state index contributed by atoms with van der Waals surface area (Å²) >= 11 is 0. The maximum atomic E-state index is 2.55. The van der Waals surface area contributed by atoms with E-state index in [0.717, 1.165) is 11.8 Å². The van der Waals surface area contributed by atoms with Gasteiger partial charge in [-0.25, -0.2) is 0 Å². The van der Waals surface area contributed by atoms with Crippen LogP contribution in [0.2, 0.25) is 0 Å². The van der Waals surface area contributed by atoms with Crippen LogP contribution in [0, 0.1) is 11.8 Å². The predicted molar refractivity (Wildman–Crippen MR) is 73.2 cm³/mol. The van der Waals surface area contributed by atoms with E-state index in [-0.39, 0.29) is 0 Å². The summed E-state index contributed by atoms with van der Waals surface area (Å²) in [6, 6.07) is 9.09. The Bertz CT molecular complexity index is 483. The average molecular weight is 226 g/mol. The van der Waals surface area contributed by atoms with Crippen molar-refractivity contribution >= 4 is 0 Å². The van der Waals surface area contributed by atoms with Gasteiger partial charge in [-0.15, -0.1) is 0 Å². The summed E-state index contributed by atoms with van der Waals surface area (Å²) in [6.07, 6.45) is 3.81. The molecule has 0 aromatic heterocycles. The third kappa shape index (κ3) is 1.24. The van der Waals surface area contributed by atoms with Crippen LogP contribution >= 0.6 is 0 Å². The van der Waals surface area contributed by atoms with E-state index in [2.05, 4.69) is 58.0 Å². The van der Waals surface area contributed by atoms with E-state index < -0.39 is 0 Å². The summed E-state index contributed by atoms with van der Waals surface area (Å²) < 4.78 is 0. The van der Waals surface area contributed by atoms with Gasteiger partial charge in [0.15, 0.2) is 0 Å². The van der Waals surface area contributed by atoms with E-state index in [1.807, 2.05) is 0 Å². The van der Waals surface area contributed by atoms with E-state index >= 15 is 0 Å². The fourth-order valence-electron chi connectivity index (χ4n) is 3.77. The first-order valence-corrected chi connectivity index (χ1v) is 6.95. The quantitative estimate of drug-likeness (QED) is 0.643. The fraction of sp³-hybridized carbons (Fsp3) is 0.529. The molecule has 0 saturated heterocycles. The predicted octanol–water partition coefficient (Wildman–Crippen LogP) is 4.66. The van der Waals surface area contributed by atoms with Crippen molar-refractivity contribution < 1.29 is 0 Å². The Morgan fingerprint density at radius 3 is 2.59 bits per heavy atom. The van der Waals surface area contributed by atoms with Gasteiger partial charge in [-0.1, -0.05) is 70.0 Å². The van der Waals surface area contributed by atoms with Gasteiger partial charge in [0.1, 0.15) is 0 Å². The number of rotatable bonds is 2. The van der Waals surface area contributed by atoms with Gasteiger partial charge in [0.25, 0.3) is 0 Å². The van der Waals surface area contributed by atoms with Gasteiger partial charge in [0.2, 0.25) is 0 Å². The maximum Gasteiger partial charge on any atom is 0.0376 e. The average Bonchev–Trinajstić information content (AvgIpc) is 3.12. The van der Waals surface area contributed by atoms with Crippen LogP contribution in [0.4, 0.5) is 0 Å². The molecule has 4 atom stereocenters. The zero-order chi connectivity index (χ0) is 12.2. The molecule has 0 fully saturated rings. The highest BCUT2D eigenvalue weighted by Crippen LogP contribution is 2.63. The molecule has 2 aliphatic rings. The second kappa shape index (κ2) is 3.48. The van der Waals surface area contributed by atoms with Gasteiger partial charge < -0.3 is 0 Å². The van der Waals surface area contributed by atoms with Crippen molar-refractivity contribution in [3.63, 3.8) is 0 Å². The van der Waals surface area contributed by atoms with Gasteiger partial charge in [0.05, 0.1) is 0 Å². The zero-order valence-electron chi connectivity index (χ0n) is 11.3. The maximum absolute atomic E-state index is 2.55. The largest absolute Gasteiger partial charge is 0.0689 e. The summed E-state index contributed by atoms with van der Waals surface area (Å²) in [7, 11) is 0. The van der Waals surface area contributed by atoms with E-state index in [1.165, 1.54) is 6.42 Å². The molecule has 0 heteroatoms. The third-order valence-corrected chi connectivity index (χ3v) is 5.30. The molecule has 0 radical (unpaired) electrons. The van der Waals surface area contributed by atoms with Crippen LogP contribution in [0.25, 0.3) is 0 Å². The molecule has 0 aliphatic heterocycles. The lowest BCUT2D eigenvalue weighted by molar-refractivity contribution is 0.390. The van der Waals surface area contributed by atoms with E-state index in [9.17, 15) is 0 Å². The lowest BCUT2D eigenvalue weighted by Gasteiger charge is -2.38. The van der Waals surface area contributed by atoms with Crippen molar-refractivity contribution in [2.75, 3.05) is 0 Å². The molecule has 17 heavy (non-hydrogen) atoms. The SMILES string of the molecule is CCC(C)C12C=C1C(C)C(C)c1ccccc12. The minimum absolute atomic E-state index is 0.331. The Morgan fingerprint density at radius 2 is 1.88 bits per heavy atom. The van der Waals surface area contributed by atoms with Crippen molar-refractivity contribution in [2.45, 2.75) is 45.4 Å². The van der Waals surface area contributed by atoms with Crippen LogP contribution in [-0.2, 0) is 5.41 Å². The molecule has 90 valence electrons. The first-order valence-electron chi connectivity index (χ1n) is 6.95. The van der Waals surface area contributed by atoms with Crippen LogP contribution in [0.15, 0.2) is 35.9 Å². The molecule has 3 rings (SSSR count). The minimum atomic E-state index is 0.331. The van der Waals surface area contributed by atoms with Gasteiger partial charge >= 0.3 is 0 Å². The number of hydrogen-bond donors (Lipinski definition) is 0. The van der Waals surface area contributed by atoms with Gasteiger partial charge in [-0.2, -0.15) is 0 Å². The number of allylic oxidation sites excluding steroid dienone is 2. The van der Waals surface area contributed by atoms with Gasteiger partial charge in [-0.05, 0) is 28.9 Å². The first kappa shape index (κ1) is 11.1. The van der Waals surface area contributed by atoms with Crippen LogP contribution < -0.4 is 0 Å². The monoisotopic (exact) mass is 226 g/mol. The Balaban J connectivity index is 2.15. The number of benzene rings is 1. The Morgan fingerprint density at radius 1 is 1.18 bits per heavy atom. The first-order chi connectivity index (χ1) is 8.13. The molecule has 0 bridgehead atoms. The lowest BCUT2D eigenvalue weighted by Crippen LogP contribution is -2.30. The van der Waals surface area contributed by atoms with Gasteiger partial charge in [-0.3, -0.25) is 0 Å². The van der Waals surface area contributed by atoms with Gasteiger partial charge in [0, 0.05) is 5.41 Å². The smallest absolute Gasteiger partial charge is 0.0376 e. The molecule has 0 amide bonds. The second-order valence-corrected chi connectivity index (χ2v) is 5.94. The van der Waals surface area contributed by atoms with Crippen LogP contribution in [0.5, 0.6) is 0 Å². The molecular weight excluding hydrogens is 204 g/mol. The van der Waals surface area contributed by atoms with Crippen LogP contribution in [-0.4, -0.2) is 0 Å². The van der Waals surface area contributed by atoms with E-state index in [0.29, 0.717) is 11.3 Å². The topological polar surface area (TPSA) is 0 Å². The molecule has 0 heterocycles. The highest BCUT2D eigenvalue weighted by Gasteiger charge is 2.55. The molecule has 0 spiro atoms. The summed E-state index contributed by atoms with van der Waals surface area (Å²) in [4.78, 5) is 0. The fourth-order valence-corrected chi connectivity index (χ4v) is 3.77. The van der Waals surface area contributed by atoms with Crippen LogP contribution in [0.1, 0.15) is 51.2 Å². The minimum Gasteiger partial charge on any atom is -0.0689 e. The molecule has 4 unspecified atom stereocenters. The van der Waals surface area contributed by atoms with E-state index in [4.69, 9.17) is 0 Å². The molecule has 0 nitrogen and oxygen atoms in total. The normalized spacial score (nSPS) is 35.6. The highest BCUT2D eigenvalue weighted by molar-refractivity contribution is 5.63. The summed E-state index contributed by atoms with van der Waals surface area (Å²) in [6.45, 7) is 9.50. The Hall–Kier alpha value is -1.04. The number of fused-ring (bicyclic) bond motifs is 3. The second-order valence-electron chi connectivity index (χ2n) is 5.94. The Kier molecular flexibility index (Phi) is 2.26. The van der Waals surface area contributed by atoms with Crippen LogP contribution in [0.3, 0.4) is 0 Å². The van der Waals surface area contributed by atoms with Crippen molar-refractivity contribution in [2.24, 2.45) is 11.8 Å². The molecule has 1 aromatic carbocycles. The summed E-state index contributed by atoms with van der Waals surface area (Å²) in [5, 5.41) is 0. The third-order valence-electron chi connectivity index (χ3n) is 5.30. The van der Waals surface area contributed by atoms with Crippen molar-refractivity contribution in [1.82, 2.24) is 0 Å². The zero-order valence-corrected chi connectivity index (χ0v) is 11.3. The lowest BCUT2D eigenvalue weighted by atomic mass is 9.66. The summed E-state index contributed by atoms with van der Waals surface area (Å²) in [5.74, 6) is 2.14. The van der Waals surface area contributed by atoms with Crippen molar-refractivity contribution in [1.29, 1.82) is 0 Å². The molecular formula is C17H22. The molecule has 0 saturated carbocycles. The van der Waals surface area contributed by atoms with Crippen molar-refractivity contribution in [3.05, 3.63) is 47.0 Å². The molecule has 0 N–H and O–H groups in total. The highest BCUT2D eigenvalue weighted by atomic mass is 14.6. The van der Waals surface area contributed by atoms with E-state index in [1.54, 1.807) is 16.7 Å². The Labute approximate surface area is 105 Å². The number of hydrogen-bond acceptors (Lipinski definition) is 0. The standard InChI is InChI=1S/C17H22/c1-5-11(2)17-10-16(17)13(4)12(3)14-8-6-7-9-15(14)17/h6-13H,5H2,1-4H3. The molecule has 1 aromatic rings. The van der Waals surface area contributed by atoms with Crippen molar-refractivity contribution in [3.8, 4) is 0 Å². The molecule has 2 aliphatic carbocycles. The summed E-state index contributed by atoms with van der Waals surface area (Å²) in [5.41, 5.74) is 5.21.